The summed E-state index contributed by atoms with van der Waals surface area (Å²) in [6.07, 6.45) is 0.972. The third-order valence-electron chi connectivity index (χ3n) is 2.16. The summed E-state index contributed by atoms with van der Waals surface area (Å²) in [6, 6.07) is 14.8. The van der Waals surface area contributed by atoms with Crippen molar-refractivity contribution in [3.05, 3.63) is 48.2 Å². The van der Waals surface area contributed by atoms with Crippen LogP contribution in [-0.2, 0) is 17.0 Å². The quantitative estimate of drug-likeness (QED) is 0.404. The molecule has 0 bridgehead atoms. The molecule has 112 valence electrons. The van der Waals surface area contributed by atoms with Crippen molar-refractivity contribution in [2.75, 3.05) is 0 Å². The Labute approximate surface area is 143 Å². The predicted molar refractivity (Wildman–Crippen MR) is 92.8 cm³/mol. The van der Waals surface area contributed by atoms with E-state index in [4.69, 9.17) is 24.3 Å². The largest absolute Gasteiger partial charge is 0.168 e. The van der Waals surface area contributed by atoms with E-state index in [9.17, 15) is 0 Å². The zero-order chi connectivity index (χ0) is 15.8. The fraction of sp³-hybridized carbons (Fsp3) is 0.400. The van der Waals surface area contributed by atoms with Gasteiger partial charge in [-0.15, -0.1) is 35.7 Å². The maximum absolute atomic E-state index is 6.83. The van der Waals surface area contributed by atoms with E-state index in [-0.39, 0.29) is 6.04 Å². The molecule has 1 N–H and O–H groups in total. The zero-order valence-corrected chi connectivity index (χ0v) is 16.7. The molecule has 2 rings (SSSR count). The van der Waals surface area contributed by atoms with Gasteiger partial charge in [-0.2, -0.15) is 17.5 Å². The van der Waals surface area contributed by atoms with Gasteiger partial charge >= 0.3 is 35.6 Å². The molecule has 0 aromatic heterocycles. The molecule has 0 heterocycles. The number of rotatable bonds is 1. The first-order chi connectivity index (χ1) is 9.56. The van der Waals surface area contributed by atoms with E-state index in [1.54, 1.807) is 0 Å². The van der Waals surface area contributed by atoms with Gasteiger partial charge in [0.1, 0.15) is 0 Å². The van der Waals surface area contributed by atoms with Crippen molar-refractivity contribution in [2.24, 2.45) is 0 Å². The van der Waals surface area contributed by atoms with E-state index in [1.807, 2.05) is 13.8 Å². The average molecular weight is 364 g/mol. The van der Waals surface area contributed by atoms with E-state index in [2.05, 4.69) is 55.6 Å². The fourth-order valence-electron chi connectivity index (χ4n) is 1.07. The Balaban J connectivity index is 0. The molecule has 20 heavy (non-hydrogen) atoms. The summed E-state index contributed by atoms with van der Waals surface area (Å²) in [5, 5.41) is 2.66. The molecule has 2 aromatic carbocycles. The third kappa shape index (κ3) is 14.7. The summed E-state index contributed by atoms with van der Waals surface area (Å²) in [5.74, 6) is 0. The van der Waals surface area contributed by atoms with Crippen molar-refractivity contribution in [3.63, 3.8) is 0 Å². The van der Waals surface area contributed by atoms with Crippen LogP contribution in [-0.4, -0.2) is 15.6 Å². The number of hydrogen-bond donors (Lipinski definition) is 0. The van der Waals surface area contributed by atoms with Crippen LogP contribution in [0.15, 0.2) is 42.5 Å². The minimum Gasteiger partial charge on any atom is -0.168 e. The molecule has 5 heteroatoms. The molecular weight excluding hydrogens is 341 g/mol. The smallest absolute Gasteiger partial charge is 0.0809 e. The molecule has 0 aliphatic carbocycles. The van der Waals surface area contributed by atoms with E-state index >= 15 is 0 Å². The van der Waals surface area contributed by atoms with Gasteiger partial charge in [-0.05, 0) is 0 Å². The zero-order valence-electron chi connectivity index (χ0n) is 12.6. The minimum absolute atomic E-state index is 0.134. The molecule has 0 saturated carbocycles. The second-order valence-corrected chi connectivity index (χ2v) is 7.61. The normalized spacial score (nSPS) is 9.95. The molecule has 1 nitrogen and oxygen atoms in total. The summed E-state index contributed by atoms with van der Waals surface area (Å²) >= 11 is -0.556. The van der Waals surface area contributed by atoms with Crippen molar-refractivity contribution in [2.45, 2.75) is 39.4 Å². The van der Waals surface area contributed by atoms with Crippen LogP contribution in [0.2, 0.25) is 13.1 Å². The predicted octanol–water partition coefficient (Wildman–Crippen LogP) is 6.56. The number of fused-ring (bicyclic) bond motifs is 1. The monoisotopic (exact) mass is 363 g/mol. The topological polar surface area (TPSA) is 23.8 Å². The average Bonchev–Trinajstić information content (AvgIpc) is 2.89. The summed E-state index contributed by atoms with van der Waals surface area (Å²) in [7, 11) is 10.9. The maximum Gasteiger partial charge on any atom is -0.0809 e. The Morgan fingerprint density at radius 2 is 1.70 bits per heavy atom. The summed E-state index contributed by atoms with van der Waals surface area (Å²) in [5.41, 5.74) is 6.83. The molecule has 2 radical (unpaired) electrons. The van der Waals surface area contributed by atoms with Crippen molar-refractivity contribution in [1.82, 2.24) is 0 Å². The van der Waals surface area contributed by atoms with Crippen molar-refractivity contribution >= 4 is 38.9 Å². The van der Waals surface area contributed by atoms with Crippen molar-refractivity contribution < 1.29 is 17.0 Å². The second kappa shape index (κ2) is 17.4. The van der Waals surface area contributed by atoms with Gasteiger partial charge in [-0.3, -0.25) is 0 Å². The molecule has 0 aliphatic heterocycles. The first kappa shape index (κ1) is 22.6. The summed E-state index contributed by atoms with van der Waals surface area (Å²) < 4.78 is 0. The van der Waals surface area contributed by atoms with Gasteiger partial charge in [0, 0.05) is 9.52 Å². The van der Waals surface area contributed by atoms with Gasteiger partial charge < -0.3 is 5.73 Å². The standard InChI is InChI=1S/C9H7.C4H10N.C2H6Si.2ClH.Ti/c1-2-5-9-7-3-6-8(9)4-1;1-3-4(2)5;1-3-2;;;/h1-7H;4-5H,3H2,1-2H3;1-2H3;2*1H;/q2*-1;;;;+2/p-2. The van der Waals surface area contributed by atoms with E-state index < -0.39 is 17.0 Å². The van der Waals surface area contributed by atoms with E-state index in [0.29, 0.717) is 0 Å². The molecular formula is C15H23Cl2NSiTi-2. The Bertz CT molecular complexity index is 375. The fourth-order valence-corrected chi connectivity index (χ4v) is 1.07. The maximum atomic E-state index is 6.83. The first-order valence-electron chi connectivity index (χ1n) is 6.43. The number of hydrogen-bond acceptors (Lipinski definition) is 0. The van der Waals surface area contributed by atoms with Crippen molar-refractivity contribution in [3.8, 4) is 0 Å². The van der Waals surface area contributed by atoms with Crippen LogP contribution >= 0.6 is 18.6 Å². The second-order valence-electron chi connectivity index (χ2n) is 4.04. The SMILES string of the molecule is CCC(C)[NH-].C[Si]C.[Cl][Ti][Cl].c1ccc2[cH-]ccc2c1. The molecule has 0 aliphatic rings. The first-order valence-corrected chi connectivity index (χ1v) is 12.7. The van der Waals surface area contributed by atoms with Crippen molar-refractivity contribution in [1.29, 1.82) is 0 Å². The van der Waals surface area contributed by atoms with Crippen LogP contribution in [0, 0.1) is 0 Å². The minimum atomic E-state index is -0.556. The number of halogens is 2. The third-order valence-corrected chi connectivity index (χ3v) is 2.16. The summed E-state index contributed by atoms with van der Waals surface area (Å²) in [6.45, 7) is 8.21. The van der Waals surface area contributed by atoms with Gasteiger partial charge in [0.2, 0.25) is 0 Å². The van der Waals surface area contributed by atoms with Crippen LogP contribution in [0.1, 0.15) is 20.3 Å². The van der Waals surface area contributed by atoms with Crippen LogP contribution in [0.3, 0.4) is 0 Å². The van der Waals surface area contributed by atoms with Gasteiger partial charge in [-0.1, -0.05) is 39.4 Å². The van der Waals surface area contributed by atoms with Gasteiger partial charge in [0.05, 0.1) is 0 Å². The Hall–Kier alpha value is 0.301. The van der Waals surface area contributed by atoms with Gasteiger partial charge in [0.15, 0.2) is 0 Å². The molecule has 1 unspecified atom stereocenters. The molecule has 0 fully saturated rings. The van der Waals surface area contributed by atoms with Gasteiger partial charge in [-0.25, -0.2) is 0 Å². The molecule has 0 saturated heterocycles. The van der Waals surface area contributed by atoms with Crippen LogP contribution in [0.5, 0.6) is 0 Å². The molecule has 1 atom stereocenters. The van der Waals surface area contributed by atoms with E-state index in [1.165, 1.54) is 10.8 Å². The number of benzene rings is 1. The summed E-state index contributed by atoms with van der Waals surface area (Å²) in [4.78, 5) is 0. The molecule has 0 spiro atoms. The molecule has 2 aromatic rings. The van der Waals surface area contributed by atoms with E-state index in [0.717, 1.165) is 15.9 Å². The Morgan fingerprint density at radius 3 is 2.10 bits per heavy atom. The Morgan fingerprint density at radius 1 is 1.25 bits per heavy atom. The van der Waals surface area contributed by atoms with Crippen LogP contribution < -0.4 is 0 Å². The number of nitrogens with one attached hydrogen (secondary N) is 1. The van der Waals surface area contributed by atoms with Crippen LogP contribution in [0.4, 0.5) is 0 Å². The van der Waals surface area contributed by atoms with Gasteiger partial charge in [0.25, 0.3) is 0 Å². The van der Waals surface area contributed by atoms with Crippen LogP contribution in [0.25, 0.3) is 16.5 Å². The Kier molecular flexibility index (Phi) is 19.6. The molecule has 0 amide bonds.